The van der Waals surface area contributed by atoms with Crippen LogP contribution in [-0.4, -0.2) is 22.6 Å². The standard InChI is InChI=1S/C14H10N4O3S/c1-20-13(19)12-11(16)7(5-15)6-18(12)8-2-3-9-10(4-8)21-14(22)17-9/h2-4,6H,16H2,1H3,(H,17,22). The zero-order valence-corrected chi connectivity index (χ0v) is 12.2. The van der Waals surface area contributed by atoms with Gasteiger partial charge in [-0.05, 0) is 24.4 Å². The van der Waals surface area contributed by atoms with Gasteiger partial charge in [0, 0.05) is 18.0 Å². The Kier molecular flexibility index (Phi) is 3.19. The van der Waals surface area contributed by atoms with Gasteiger partial charge in [-0.15, -0.1) is 0 Å². The Morgan fingerprint density at radius 2 is 2.32 bits per heavy atom. The summed E-state index contributed by atoms with van der Waals surface area (Å²) in [5.41, 5.74) is 8.07. The second-order valence-electron chi connectivity index (χ2n) is 4.47. The average molecular weight is 314 g/mol. The summed E-state index contributed by atoms with van der Waals surface area (Å²) < 4.78 is 11.6. The van der Waals surface area contributed by atoms with Crippen molar-refractivity contribution in [1.29, 1.82) is 5.26 Å². The molecule has 0 atom stereocenters. The summed E-state index contributed by atoms with van der Waals surface area (Å²) in [6, 6.07) is 7.14. The number of benzene rings is 1. The number of oxazole rings is 1. The third kappa shape index (κ3) is 2.04. The average Bonchev–Trinajstić information content (AvgIpc) is 3.04. The van der Waals surface area contributed by atoms with Crippen LogP contribution in [0.15, 0.2) is 28.8 Å². The fraction of sp³-hybridized carbons (Fsp3) is 0.0714. The molecule has 0 radical (unpaired) electrons. The summed E-state index contributed by atoms with van der Waals surface area (Å²) in [6.45, 7) is 0. The molecule has 0 saturated heterocycles. The summed E-state index contributed by atoms with van der Waals surface area (Å²) in [6.07, 6.45) is 1.48. The molecule has 2 aromatic heterocycles. The van der Waals surface area contributed by atoms with Crippen LogP contribution in [-0.2, 0) is 4.74 Å². The van der Waals surface area contributed by atoms with Gasteiger partial charge in [0.1, 0.15) is 6.07 Å². The monoisotopic (exact) mass is 314 g/mol. The lowest BCUT2D eigenvalue weighted by atomic mass is 10.2. The van der Waals surface area contributed by atoms with E-state index >= 15 is 0 Å². The van der Waals surface area contributed by atoms with Gasteiger partial charge in [-0.25, -0.2) is 4.79 Å². The number of nitriles is 1. The third-order valence-electron chi connectivity index (χ3n) is 3.23. The zero-order chi connectivity index (χ0) is 15.9. The van der Waals surface area contributed by atoms with Crippen LogP contribution in [0.3, 0.4) is 0 Å². The Bertz CT molecular complexity index is 990. The molecule has 0 saturated carbocycles. The smallest absolute Gasteiger partial charge is 0.357 e. The number of fused-ring (bicyclic) bond motifs is 1. The Hall–Kier alpha value is -3.05. The van der Waals surface area contributed by atoms with Crippen molar-refractivity contribution in [2.24, 2.45) is 0 Å². The van der Waals surface area contributed by atoms with E-state index in [-0.39, 0.29) is 21.8 Å². The summed E-state index contributed by atoms with van der Waals surface area (Å²) in [4.78, 5) is 15.1. The van der Waals surface area contributed by atoms with Crippen molar-refractivity contribution in [1.82, 2.24) is 9.55 Å². The Morgan fingerprint density at radius 1 is 1.55 bits per heavy atom. The lowest BCUT2D eigenvalue weighted by Crippen LogP contribution is -2.11. The zero-order valence-electron chi connectivity index (χ0n) is 11.4. The number of carbonyl (C=O) groups excluding carboxylic acids is 1. The number of anilines is 1. The fourth-order valence-corrected chi connectivity index (χ4v) is 2.40. The highest BCUT2D eigenvalue weighted by Gasteiger charge is 2.21. The number of hydrogen-bond donors (Lipinski definition) is 2. The van der Waals surface area contributed by atoms with E-state index in [2.05, 4.69) is 4.98 Å². The first-order valence-corrected chi connectivity index (χ1v) is 6.58. The number of aromatic amines is 1. The summed E-state index contributed by atoms with van der Waals surface area (Å²) >= 11 is 4.94. The largest absolute Gasteiger partial charge is 0.464 e. The molecule has 0 amide bonds. The molecule has 0 aliphatic heterocycles. The first kappa shape index (κ1) is 13.9. The number of nitrogens with one attached hydrogen (secondary N) is 1. The molecule has 0 bridgehead atoms. The van der Waals surface area contributed by atoms with Gasteiger partial charge in [0.2, 0.25) is 0 Å². The van der Waals surface area contributed by atoms with E-state index in [1.807, 2.05) is 6.07 Å². The lowest BCUT2D eigenvalue weighted by molar-refractivity contribution is 0.0593. The summed E-state index contributed by atoms with van der Waals surface area (Å²) in [5.74, 6) is -0.630. The second-order valence-corrected chi connectivity index (χ2v) is 4.84. The predicted molar refractivity (Wildman–Crippen MR) is 81.2 cm³/mol. The maximum absolute atomic E-state index is 11.9. The molecule has 3 N–H and O–H groups in total. The van der Waals surface area contributed by atoms with E-state index in [4.69, 9.17) is 32.4 Å². The van der Waals surface area contributed by atoms with Crippen LogP contribution in [0.25, 0.3) is 16.8 Å². The van der Waals surface area contributed by atoms with Crippen molar-refractivity contribution in [3.05, 3.63) is 40.5 Å². The van der Waals surface area contributed by atoms with E-state index in [1.54, 1.807) is 18.2 Å². The predicted octanol–water partition coefficient (Wildman–Crippen LogP) is 2.52. The van der Waals surface area contributed by atoms with Crippen molar-refractivity contribution in [2.75, 3.05) is 12.8 Å². The number of nitrogen functional groups attached to an aromatic ring is 1. The Labute approximate surface area is 129 Å². The highest BCUT2D eigenvalue weighted by atomic mass is 32.1. The number of nitrogens with two attached hydrogens (primary N) is 1. The number of ether oxygens (including phenoxy) is 1. The quantitative estimate of drug-likeness (QED) is 0.555. The van der Waals surface area contributed by atoms with Crippen LogP contribution in [0.4, 0.5) is 5.69 Å². The molecule has 0 aliphatic carbocycles. The molecule has 0 unspecified atom stereocenters. The summed E-state index contributed by atoms with van der Waals surface area (Å²) in [7, 11) is 1.25. The topological polar surface area (TPSA) is 110 Å². The van der Waals surface area contributed by atoms with E-state index in [9.17, 15) is 4.79 Å². The summed E-state index contributed by atoms with van der Waals surface area (Å²) in [5, 5.41) is 9.10. The van der Waals surface area contributed by atoms with Crippen molar-refractivity contribution in [3.63, 3.8) is 0 Å². The van der Waals surface area contributed by atoms with E-state index in [0.717, 1.165) is 5.52 Å². The molecule has 110 valence electrons. The Morgan fingerprint density at radius 3 is 3.00 bits per heavy atom. The van der Waals surface area contributed by atoms with Crippen molar-refractivity contribution in [2.45, 2.75) is 0 Å². The van der Waals surface area contributed by atoms with Crippen LogP contribution >= 0.6 is 12.2 Å². The first-order chi connectivity index (χ1) is 10.5. The molecule has 7 nitrogen and oxygen atoms in total. The minimum absolute atomic E-state index is 0.0735. The number of H-pyrrole nitrogens is 1. The highest BCUT2D eigenvalue weighted by molar-refractivity contribution is 7.71. The Balaban J connectivity index is 2.27. The molecular weight excluding hydrogens is 304 g/mol. The maximum atomic E-state index is 11.9. The third-order valence-corrected chi connectivity index (χ3v) is 3.41. The lowest BCUT2D eigenvalue weighted by Gasteiger charge is -2.08. The molecule has 2 heterocycles. The van der Waals surface area contributed by atoms with E-state index in [0.29, 0.717) is 11.3 Å². The van der Waals surface area contributed by atoms with Gasteiger partial charge < -0.3 is 24.4 Å². The molecule has 0 fully saturated rings. The normalized spacial score (nSPS) is 10.5. The molecular formula is C14H10N4O3S. The number of rotatable bonds is 2. The fourth-order valence-electron chi connectivity index (χ4n) is 2.20. The van der Waals surface area contributed by atoms with Gasteiger partial charge in [0.25, 0.3) is 4.84 Å². The van der Waals surface area contributed by atoms with E-state index in [1.165, 1.54) is 17.9 Å². The van der Waals surface area contributed by atoms with Crippen LogP contribution < -0.4 is 5.73 Å². The van der Waals surface area contributed by atoms with Gasteiger partial charge in [-0.3, -0.25) is 0 Å². The molecule has 1 aromatic carbocycles. The number of carbonyl (C=O) groups is 1. The van der Waals surface area contributed by atoms with Crippen LogP contribution in [0.2, 0.25) is 0 Å². The van der Waals surface area contributed by atoms with Crippen molar-refractivity contribution >= 4 is 35.0 Å². The molecule has 3 rings (SSSR count). The van der Waals surface area contributed by atoms with Gasteiger partial charge in [-0.1, -0.05) is 0 Å². The van der Waals surface area contributed by atoms with Gasteiger partial charge in [-0.2, -0.15) is 5.26 Å². The molecule has 0 spiro atoms. The number of aromatic nitrogens is 2. The van der Waals surface area contributed by atoms with Crippen LogP contribution in [0.1, 0.15) is 16.1 Å². The molecule has 0 aliphatic rings. The minimum Gasteiger partial charge on any atom is -0.464 e. The molecule has 3 aromatic rings. The maximum Gasteiger partial charge on any atom is 0.357 e. The SMILES string of the molecule is COC(=O)c1c(N)c(C#N)cn1-c1ccc2[nH]c(=S)oc2c1. The highest BCUT2D eigenvalue weighted by Crippen LogP contribution is 2.26. The van der Waals surface area contributed by atoms with Crippen molar-refractivity contribution < 1.29 is 13.9 Å². The van der Waals surface area contributed by atoms with Crippen molar-refractivity contribution in [3.8, 4) is 11.8 Å². The minimum atomic E-state index is -0.630. The molecule has 8 heteroatoms. The second kappa shape index (κ2) is 5.05. The van der Waals surface area contributed by atoms with Gasteiger partial charge in [0.05, 0.1) is 23.9 Å². The van der Waals surface area contributed by atoms with E-state index < -0.39 is 5.97 Å². The van der Waals surface area contributed by atoms with Gasteiger partial charge in [0.15, 0.2) is 11.3 Å². The number of hydrogen-bond acceptors (Lipinski definition) is 6. The van der Waals surface area contributed by atoms with Crippen LogP contribution in [0.5, 0.6) is 0 Å². The van der Waals surface area contributed by atoms with Gasteiger partial charge >= 0.3 is 5.97 Å². The number of nitrogens with zero attached hydrogens (tertiary/aromatic N) is 2. The number of esters is 1. The van der Waals surface area contributed by atoms with Crippen LogP contribution in [0, 0.1) is 16.2 Å². The first-order valence-electron chi connectivity index (χ1n) is 6.17. The molecule has 22 heavy (non-hydrogen) atoms. The number of methoxy groups -OCH3 is 1.